The Kier molecular flexibility index (Phi) is 8.31. The molecule has 6 nitrogen and oxygen atoms in total. The van der Waals surface area contributed by atoms with E-state index in [1.54, 1.807) is 29.2 Å². The molecule has 0 N–H and O–H groups in total. The molecule has 2 fully saturated rings. The van der Waals surface area contributed by atoms with Crippen molar-refractivity contribution >= 4 is 46.9 Å². The average Bonchev–Trinajstić information content (AvgIpc) is 2.91. The van der Waals surface area contributed by atoms with Gasteiger partial charge in [-0.05, 0) is 43.2 Å². The third-order valence-electron chi connectivity index (χ3n) is 5.49. The Hall–Kier alpha value is -1.89. The molecule has 0 saturated carbocycles. The van der Waals surface area contributed by atoms with Gasteiger partial charge < -0.3 is 9.80 Å². The van der Waals surface area contributed by atoms with Crippen LogP contribution >= 0.6 is 23.2 Å². The second-order valence-electron chi connectivity index (χ2n) is 7.73. The van der Waals surface area contributed by atoms with Crippen molar-refractivity contribution in [2.45, 2.75) is 25.7 Å². The molecule has 2 heterocycles. The highest BCUT2D eigenvalue weighted by Crippen LogP contribution is 2.23. The standard InChI is InChI=1S/C22H27Cl2N3O3/c23-19-6-4-17(15-20(19)24)5-7-21(29)27-12-8-22(30)26(13-14-27)11-2-10-25-9-1-3-18(28)16-25/h4-7,15H,1-3,8-14,16H2. The van der Waals surface area contributed by atoms with E-state index in [4.69, 9.17) is 23.2 Å². The second-order valence-corrected chi connectivity index (χ2v) is 8.55. The number of halogens is 2. The molecule has 0 radical (unpaired) electrons. The molecular formula is C22H27Cl2N3O3. The number of Topliss-reactive ketones (excluding diaryl/α,β-unsaturated/α-hetero) is 1. The molecule has 2 aliphatic heterocycles. The van der Waals surface area contributed by atoms with E-state index in [0.717, 1.165) is 31.5 Å². The molecule has 0 atom stereocenters. The van der Waals surface area contributed by atoms with Crippen LogP contribution in [0.4, 0.5) is 0 Å². The number of carbonyl (C=O) groups excluding carboxylic acids is 3. The largest absolute Gasteiger partial charge is 0.341 e. The van der Waals surface area contributed by atoms with E-state index >= 15 is 0 Å². The summed E-state index contributed by atoms with van der Waals surface area (Å²) in [7, 11) is 0. The Bertz CT molecular complexity index is 828. The minimum absolute atomic E-state index is 0.0773. The van der Waals surface area contributed by atoms with Gasteiger partial charge in [-0.3, -0.25) is 19.3 Å². The molecule has 3 rings (SSSR count). The van der Waals surface area contributed by atoms with Gasteiger partial charge in [0.15, 0.2) is 0 Å². The van der Waals surface area contributed by atoms with Crippen LogP contribution < -0.4 is 0 Å². The van der Waals surface area contributed by atoms with Crippen LogP contribution in [0, 0.1) is 0 Å². The molecule has 0 aromatic heterocycles. The lowest BCUT2D eigenvalue weighted by atomic mass is 10.1. The summed E-state index contributed by atoms with van der Waals surface area (Å²) in [5, 5.41) is 0.911. The fraction of sp³-hybridized carbons (Fsp3) is 0.500. The maximum Gasteiger partial charge on any atom is 0.246 e. The summed E-state index contributed by atoms with van der Waals surface area (Å²) < 4.78 is 0. The average molecular weight is 452 g/mol. The molecule has 2 amide bonds. The lowest BCUT2D eigenvalue weighted by Crippen LogP contribution is -2.39. The van der Waals surface area contributed by atoms with Gasteiger partial charge in [-0.2, -0.15) is 0 Å². The fourth-order valence-electron chi connectivity index (χ4n) is 3.80. The van der Waals surface area contributed by atoms with Gasteiger partial charge in [-0.1, -0.05) is 29.3 Å². The smallest absolute Gasteiger partial charge is 0.246 e. The summed E-state index contributed by atoms with van der Waals surface area (Å²) >= 11 is 11.9. The summed E-state index contributed by atoms with van der Waals surface area (Å²) in [6.45, 7) is 4.42. The van der Waals surface area contributed by atoms with Gasteiger partial charge in [0, 0.05) is 51.6 Å². The second kappa shape index (κ2) is 10.9. The van der Waals surface area contributed by atoms with Gasteiger partial charge in [0.2, 0.25) is 11.8 Å². The molecule has 0 unspecified atom stereocenters. The molecule has 0 bridgehead atoms. The fourth-order valence-corrected chi connectivity index (χ4v) is 4.10. The van der Waals surface area contributed by atoms with Gasteiger partial charge >= 0.3 is 0 Å². The molecule has 1 aromatic carbocycles. The minimum Gasteiger partial charge on any atom is -0.341 e. The molecule has 2 aliphatic rings. The van der Waals surface area contributed by atoms with E-state index in [9.17, 15) is 14.4 Å². The molecule has 0 aliphatic carbocycles. The number of nitrogens with zero attached hydrogens (tertiary/aromatic N) is 3. The minimum atomic E-state index is -0.123. The van der Waals surface area contributed by atoms with Crippen molar-refractivity contribution in [1.29, 1.82) is 0 Å². The Balaban J connectivity index is 1.47. The molecule has 8 heteroatoms. The van der Waals surface area contributed by atoms with Crippen molar-refractivity contribution < 1.29 is 14.4 Å². The number of carbonyl (C=O) groups is 3. The number of hydrogen-bond donors (Lipinski definition) is 0. The molecular weight excluding hydrogens is 425 g/mol. The first kappa shape index (κ1) is 22.8. The quantitative estimate of drug-likeness (QED) is 0.623. The van der Waals surface area contributed by atoms with E-state index in [1.165, 1.54) is 6.08 Å². The molecule has 2 saturated heterocycles. The number of piperidine rings is 1. The van der Waals surface area contributed by atoms with Crippen LogP contribution in [0.25, 0.3) is 6.08 Å². The van der Waals surface area contributed by atoms with Crippen LogP contribution in [-0.4, -0.2) is 78.1 Å². The van der Waals surface area contributed by atoms with Gasteiger partial charge in [-0.25, -0.2) is 0 Å². The maximum atomic E-state index is 12.6. The predicted molar refractivity (Wildman–Crippen MR) is 119 cm³/mol. The summed E-state index contributed by atoms with van der Waals surface area (Å²) in [6.07, 6.45) is 5.99. The molecule has 1 aromatic rings. The lowest BCUT2D eigenvalue weighted by Gasteiger charge is -2.27. The van der Waals surface area contributed by atoms with Crippen LogP contribution in [0.15, 0.2) is 24.3 Å². The number of benzene rings is 1. The highest BCUT2D eigenvalue weighted by molar-refractivity contribution is 6.42. The third kappa shape index (κ3) is 6.56. The van der Waals surface area contributed by atoms with E-state index in [-0.39, 0.29) is 11.8 Å². The first-order chi connectivity index (χ1) is 14.4. The Morgan fingerprint density at radius 2 is 1.83 bits per heavy atom. The van der Waals surface area contributed by atoms with E-state index in [2.05, 4.69) is 4.90 Å². The van der Waals surface area contributed by atoms with Gasteiger partial charge in [0.1, 0.15) is 5.78 Å². The SMILES string of the molecule is O=C1CCCN(CCCN2CCN(C(=O)C=Cc3ccc(Cl)c(Cl)c3)CCC2=O)C1. The monoisotopic (exact) mass is 451 g/mol. The zero-order chi connectivity index (χ0) is 21.5. The third-order valence-corrected chi connectivity index (χ3v) is 6.23. The Morgan fingerprint density at radius 3 is 2.60 bits per heavy atom. The van der Waals surface area contributed by atoms with Crippen molar-refractivity contribution in [3.05, 3.63) is 39.9 Å². The van der Waals surface area contributed by atoms with Gasteiger partial charge in [-0.15, -0.1) is 0 Å². The highest BCUT2D eigenvalue weighted by atomic mass is 35.5. The van der Waals surface area contributed by atoms with Crippen LogP contribution in [-0.2, 0) is 14.4 Å². The molecule has 0 spiro atoms. The molecule has 162 valence electrons. The van der Waals surface area contributed by atoms with Crippen molar-refractivity contribution in [3.63, 3.8) is 0 Å². The number of likely N-dealkylation sites (tertiary alicyclic amines) is 1. The lowest BCUT2D eigenvalue weighted by molar-refractivity contribution is -0.130. The molecule has 30 heavy (non-hydrogen) atoms. The van der Waals surface area contributed by atoms with Crippen LogP contribution in [0.3, 0.4) is 0 Å². The normalized spacial score (nSPS) is 18.9. The zero-order valence-electron chi connectivity index (χ0n) is 17.0. The maximum absolute atomic E-state index is 12.6. The highest BCUT2D eigenvalue weighted by Gasteiger charge is 2.23. The van der Waals surface area contributed by atoms with Crippen LogP contribution in [0.5, 0.6) is 0 Å². The Labute approximate surface area is 187 Å². The summed E-state index contributed by atoms with van der Waals surface area (Å²) in [4.78, 5) is 42.2. The summed E-state index contributed by atoms with van der Waals surface area (Å²) in [6, 6.07) is 5.19. The van der Waals surface area contributed by atoms with Crippen LogP contribution in [0.1, 0.15) is 31.2 Å². The Morgan fingerprint density at radius 1 is 1.00 bits per heavy atom. The van der Waals surface area contributed by atoms with E-state index in [1.807, 2.05) is 4.90 Å². The first-order valence-corrected chi connectivity index (χ1v) is 11.1. The van der Waals surface area contributed by atoms with E-state index < -0.39 is 0 Å². The number of ketones is 1. The van der Waals surface area contributed by atoms with Gasteiger partial charge in [0.25, 0.3) is 0 Å². The van der Waals surface area contributed by atoms with Crippen molar-refractivity contribution in [2.24, 2.45) is 0 Å². The topological polar surface area (TPSA) is 60.9 Å². The number of rotatable bonds is 6. The predicted octanol–water partition coefficient (Wildman–Crippen LogP) is 3.12. The number of hydrogen-bond acceptors (Lipinski definition) is 4. The summed E-state index contributed by atoms with van der Waals surface area (Å²) in [5.41, 5.74) is 0.793. The summed E-state index contributed by atoms with van der Waals surface area (Å²) in [5.74, 6) is 0.256. The number of amides is 2. The van der Waals surface area contributed by atoms with Crippen molar-refractivity contribution in [3.8, 4) is 0 Å². The van der Waals surface area contributed by atoms with Crippen molar-refractivity contribution in [1.82, 2.24) is 14.7 Å². The van der Waals surface area contributed by atoms with Gasteiger partial charge in [0.05, 0.1) is 16.6 Å². The van der Waals surface area contributed by atoms with Crippen molar-refractivity contribution in [2.75, 3.05) is 45.8 Å². The zero-order valence-corrected chi connectivity index (χ0v) is 18.5. The van der Waals surface area contributed by atoms with Crippen LogP contribution in [0.2, 0.25) is 10.0 Å². The first-order valence-electron chi connectivity index (χ1n) is 10.4. The van der Waals surface area contributed by atoms with E-state index in [0.29, 0.717) is 61.4 Å².